The summed E-state index contributed by atoms with van der Waals surface area (Å²) < 4.78 is 39.3. The van der Waals surface area contributed by atoms with Gasteiger partial charge >= 0.3 is 14.2 Å². The standard InChI is InChI=1S/C48H80B2O6/c1-11-13-15-17-19-21-23-25-27-29-31-51-43-35-39(33-41(37-43)49-53-45(3,4)46(5,6)54-49)40-34-42(50-55-47(7,8)48(9,10)56-50)38-44(36-40)52-32-30-28-26-24-22-20-18-16-14-12-2/h33-38H,11-32H2,1-10H3. The maximum Gasteiger partial charge on any atom is 0.494 e. The van der Waals surface area contributed by atoms with Gasteiger partial charge in [-0.05, 0) is 115 Å². The van der Waals surface area contributed by atoms with E-state index in [1.54, 1.807) is 0 Å². The van der Waals surface area contributed by atoms with Crippen molar-refractivity contribution in [1.82, 2.24) is 0 Å². The van der Waals surface area contributed by atoms with E-state index in [0.717, 1.165) is 46.4 Å². The smallest absolute Gasteiger partial charge is 0.494 e. The molecule has 0 atom stereocenters. The van der Waals surface area contributed by atoms with Crippen molar-refractivity contribution in [3.8, 4) is 22.6 Å². The molecule has 0 aromatic heterocycles. The fourth-order valence-corrected chi connectivity index (χ4v) is 7.53. The summed E-state index contributed by atoms with van der Waals surface area (Å²) in [7, 11) is -1.00. The van der Waals surface area contributed by atoms with Gasteiger partial charge in [-0.2, -0.15) is 0 Å². The second kappa shape index (κ2) is 22.4. The lowest BCUT2D eigenvalue weighted by atomic mass is 9.76. The normalized spacial score (nSPS) is 18.2. The number of ether oxygens (including phenoxy) is 2. The van der Waals surface area contributed by atoms with Crippen molar-refractivity contribution in [2.45, 2.75) is 220 Å². The summed E-state index contributed by atoms with van der Waals surface area (Å²) in [5.74, 6) is 1.66. The molecular formula is C48H80B2O6. The van der Waals surface area contributed by atoms with Crippen LogP contribution < -0.4 is 20.4 Å². The van der Waals surface area contributed by atoms with Crippen LogP contribution in [0.2, 0.25) is 0 Å². The first-order chi connectivity index (χ1) is 26.7. The quantitative estimate of drug-likeness (QED) is 0.0666. The molecule has 2 saturated heterocycles. The molecule has 2 heterocycles. The van der Waals surface area contributed by atoms with Crippen LogP contribution >= 0.6 is 0 Å². The fraction of sp³-hybridized carbons (Fsp3) is 0.750. The second-order valence-electron chi connectivity index (χ2n) is 18.8. The van der Waals surface area contributed by atoms with Crippen molar-refractivity contribution in [2.24, 2.45) is 0 Å². The summed E-state index contributed by atoms with van der Waals surface area (Å²) in [5, 5.41) is 0. The van der Waals surface area contributed by atoms with E-state index in [1.165, 1.54) is 116 Å². The van der Waals surface area contributed by atoms with Crippen LogP contribution in [0.1, 0.15) is 198 Å². The molecule has 56 heavy (non-hydrogen) atoms. The molecule has 0 saturated carbocycles. The Morgan fingerprint density at radius 1 is 0.375 bits per heavy atom. The Labute approximate surface area is 344 Å². The van der Waals surface area contributed by atoms with Gasteiger partial charge in [0, 0.05) is 0 Å². The third-order valence-electron chi connectivity index (χ3n) is 12.8. The van der Waals surface area contributed by atoms with E-state index in [1.807, 2.05) is 0 Å². The maximum absolute atomic E-state index is 6.56. The molecule has 314 valence electrons. The highest BCUT2D eigenvalue weighted by molar-refractivity contribution is 6.63. The lowest BCUT2D eigenvalue weighted by Crippen LogP contribution is -2.41. The van der Waals surface area contributed by atoms with Crippen LogP contribution in [0, 0.1) is 0 Å². The molecule has 8 heteroatoms. The van der Waals surface area contributed by atoms with Crippen LogP contribution in [-0.2, 0) is 18.6 Å². The number of rotatable bonds is 27. The summed E-state index contributed by atoms with van der Waals surface area (Å²) in [4.78, 5) is 0. The highest BCUT2D eigenvalue weighted by Gasteiger charge is 2.53. The van der Waals surface area contributed by atoms with Gasteiger partial charge in [-0.15, -0.1) is 0 Å². The molecule has 2 aromatic carbocycles. The topological polar surface area (TPSA) is 55.4 Å². The van der Waals surface area contributed by atoms with Gasteiger partial charge in [0.25, 0.3) is 0 Å². The lowest BCUT2D eigenvalue weighted by molar-refractivity contribution is 0.00578. The van der Waals surface area contributed by atoms with Crippen LogP contribution in [0.5, 0.6) is 11.5 Å². The van der Waals surface area contributed by atoms with Gasteiger partial charge in [-0.3, -0.25) is 0 Å². The Morgan fingerprint density at radius 2 is 0.643 bits per heavy atom. The van der Waals surface area contributed by atoms with Crippen molar-refractivity contribution < 1.29 is 28.1 Å². The van der Waals surface area contributed by atoms with Crippen molar-refractivity contribution in [1.29, 1.82) is 0 Å². The zero-order valence-corrected chi connectivity index (χ0v) is 37.6. The van der Waals surface area contributed by atoms with Crippen LogP contribution in [0.3, 0.4) is 0 Å². The minimum Gasteiger partial charge on any atom is -0.494 e. The monoisotopic (exact) mass is 775 g/mol. The van der Waals surface area contributed by atoms with E-state index in [2.05, 4.69) is 106 Å². The average molecular weight is 775 g/mol. The second-order valence-corrected chi connectivity index (χ2v) is 18.8. The Bertz CT molecular complexity index is 1300. The van der Waals surface area contributed by atoms with Gasteiger partial charge in [0.1, 0.15) is 11.5 Å². The third kappa shape index (κ3) is 14.1. The molecule has 0 aliphatic carbocycles. The fourth-order valence-electron chi connectivity index (χ4n) is 7.53. The molecule has 2 fully saturated rings. The minimum absolute atomic E-state index is 0.447. The SMILES string of the molecule is CCCCCCCCCCCCOc1cc(B2OC(C)(C)C(C)(C)O2)cc(-c2cc(OCCCCCCCCCCCC)cc(B3OC(C)(C)C(C)(C)O3)c2)c1. The first-order valence-corrected chi connectivity index (χ1v) is 23.0. The third-order valence-corrected chi connectivity index (χ3v) is 12.8. The number of benzene rings is 2. The first kappa shape index (κ1) is 46.7. The van der Waals surface area contributed by atoms with Gasteiger partial charge in [0.05, 0.1) is 35.6 Å². The minimum atomic E-state index is -0.502. The Hall–Kier alpha value is -1.99. The molecule has 0 bridgehead atoms. The maximum atomic E-state index is 6.56. The Kier molecular flexibility index (Phi) is 18.7. The average Bonchev–Trinajstić information content (AvgIpc) is 3.51. The first-order valence-electron chi connectivity index (χ1n) is 23.0. The zero-order valence-electron chi connectivity index (χ0n) is 37.6. The van der Waals surface area contributed by atoms with Crippen molar-refractivity contribution in [3.63, 3.8) is 0 Å². The van der Waals surface area contributed by atoms with Crippen molar-refractivity contribution in [2.75, 3.05) is 13.2 Å². The van der Waals surface area contributed by atoms with Crippen LogP contribution in [0.4, 0.5) is 0 Å². The molecular weight excluding hydrogens is 694 g/mol. The van der Waals surface area contributed by atoms with E-state index in [9.17, 15) is 0 Å². The molecule has 0 unspecified atom stereocenters. The molecule has 2 aromatic rings. The molecule has 0 spiro atoms. The molecule has 2 aliphatic heterocycles. The predicted molar refractivity (Wildman–Crippen MR) is 238 cm³/mol. The van der Waals surface area contributed by atoms with Gasteiger partial charge < -0.3 is 28.1 Å². The zero-order chi connectivity index (χ0) is 40.7. The van der Waals surface area contributed by atoms with E-state index < -0.39 is 36.6 Å². The van der Waals surface area contributed by atoms with Crippen LogP contribution in [0.15, 0.2) is 36.4 Å². The lowest BCUT2D eigenvalue weighted by Gasteiger charge is -2.32. The van der Waals surface area contributed by atoms with Crippen molar-refractivity contribution >= 4 is 25.2 Å². The summed E-state index contributed by atoms with van der Waals surface area (Å²) in [6.45, 7) is 22.8. The molecule has 2 aliphatic rings. The predicted octanol–water partition coefficient (Wildman–Crippen LogP) is 12.6. The summed E-state index contributed by atoms with van der Waals surface area (Å²) >= 11 is 0. The summed E-state index contributed by atoms with van der Waals surface area (Å²) in [6, 6.07) is 12.9. The number of unbranched alkanes of at least 4 members (excludes halogenated alkanes) is 18. The highest BCUT2D eigenvalue weighted by Crippen LogP contribution is 2.39. The van der Waals surface area contributed by atoms with Crippen LogP contribution in [-0.4, -0.2) is 49.9 Å². The number of hydrogen-bond acceptors (Lipinski definition) is 6. The summed E-state index contributed by atoms with van der Waals surface area (Å²) in [5.41, 5.74) is 2.17. The molecule has 0 radical (unpaired) electrons. The largest absolute Gasteiger partial charge is 0.494 e. The van der Waals surface area contributed by atoms with Gasteiger partial charge in [-0.25, -0.2) is 0 Å². The Balaban J connectivity index is 1.49. The molecule has 4 rings (SSSR count). The van der Waals surface area contributed by atoms with Gasteiger partial charge in [0.2, 0.25) is 0 Å². The molecule has 6 nitrogen and oxygen atoms in total. The van der Waals surface area contributed by atoms with Gasteiger partial charge in [-0.1, -0.05) is 142 Å². The number of hydrogen-bond donors (Lipinski definition) is 0. The molecule has 0 N–H and O–H groups in total. The van der Waals surface area contributed by atoms with Gasteiger partial charge in [0.15, 0.2) is 0 Å². The van der Waals surface area contributed by atoms with Crippen LogP contribution in [0.25, 0.3) is 11.1 Å². The van der Waals surface area contributed by atoms with E-state index in [-0.39, 0.29) is 0 Å². The Morgan fingerprint density at radius 3 is 0.929 bits per heavy atom. The highest BCUT2D eigenvalue weighted by atomic mass is 16.7. The van der Waals surface area contributed by atoms with E-state index in [4.69, 9.17) is 28.1 Å². The van der Waals surface area contributed by atoms with E-state index >= 15 is 0 Å². The molecule has 0 amide bonds. The van der Waals surface area contributed by atoms with Crippen molar-refractivity contribution in [3.05, 3.63) is 36.4 Å². The van der Waals surface area contributed by atoms with E-state index in [0.29, 0.717) is 13.2 Å². The summed E-state index contributed by atoms with van der Waals surface area (Å²) in [6.07, 6.45) is 25.9.